The molecule has 0 aliphatic carbocycles. The lowest BCUT2D eigenvalue weighted by Crippen LogP contribution is -2.33. The molecule has 15 heavy (non-hydrogen) atoms. The first-order valence-electron chi connectivity index (χ1n) is 6.32. The first kappa shape index (κ1) is 14.9. The van der Waals surface area contributed by atoms with Gasteiger partial charge in [-0.05, 0) is 44.7 Å². The highest BCUT2D eigenvalue weighted by molar-refractivity contribution is 4.63. The molecule has 0 saturated carbocycles. The average Bonchev–Trinajstić information content (AvgIpc) is 2.08. The van der Waals surface area contributed by atoms with Gasteiger partial charge in [-0.15, -0.1) is 0 Å². The number of aliphatic hydroxyl groups excluding tert-OH is 1. The molecule has 0 saturated heterocycles. The van der Waals surface area contributed by atoms with Crippen molar-refractivity contribution in [1.29, 1.82) is 0 Å². The van der Waals surface area contributed by atoms with Crippen LogP contribution in [0.1, 0.15) is 47.5 Å². The van der Waals surface area contributed by atoms with Crippen LogP contribution in [0.2, 0.25) is 0 Å². The molecule has 1 atom stereocenters. The van der Waals surface area contributed by atoms with E-state index in [2.05, 4.69) is 32.6 Å². The minimum Gasteiger partial charge on any atom is -0.392 e. The third-order valence-corrected chi connectivity index (χ3v) is 2.57. The zero-order valence-corrected chi connectivity index (χ0v) is 11.2. The van der Waals surface area contributed by atoms with E-state index >= 15 is 0 Å². The van der Waals surface area contributed by atoms with Crippen LogP contribution >= 0.6 is 0 Å². The van der Waals surface area contributed by atoms with Gasteiger partial charge in [0.2, 0.25) is 0 Å². The lowest BCUT2D eigenvalue weighted by Gasteiger charge is -2.25. The second kappa shape index (κ2) is 8.12. The Bertz CT molecular complexity index is 131. The highest BCUT2D eigenvalue weighted by atomic mass is 16.3. The van der Waals surface area contributed by atoms with Gasteiger partial charge in [-0.3, -0.25) is 0 Å². The van der Waals surface area contributed by atoms with Crippen LogP contribution in [0.15, 0.2) is 0 Å². The molecule has 0 aromatic carbocycles. The fourth-order valence-corrected chi connectivity index (χ4v) is 1.55. The van der Waals surface area contributed by atoms with E-state index in [9.17, 15) is 5.11 Å². The van der Waals surface area contributed by atoms with Gasteiger partial charge < -0.3 is 10.0 Å². The molecule has 0 aliphatic heterocycles. The highest BCUT2D eigenvalue weighted by Crippen LogP contribution is 2.07. The molecule has 0 fully saturated rings. The van der Waals surface area contributed by atoms with Crippen LogP contribution in [0.25, 0.3) is 0 Å². The lowest BCUT2D eigenvalue weighted by atomic mass is 10.1. The van der Waals surface area contributed by atoms with Crippen molar-refractivity contribution in [3.8, 4) is 0 Å². The zero-order valence-electron chi connectivity index (χ0n) is 11.2. The summed E-state index contributed by atoms with van der Waals surface area (Å²) < 4.78 is 0. The van der Waals surface area contributed by atoms with E-state index in [1.165, 1.54) is 12.8 Å². The van der Waals surface area contributed by atoms with Crippen molar-refractivity contribution in [3.05, 3.63) is 0 Å². The molecule has 0 bridgehead atoms. The Kier molecular flexibility index (Phi) is 8.07. The van der Waals surface area contributed by atoms with E-state index in [1.807, 2.05) is 6.92 Å². The molecule has 92 valence electrons. The molecule has 1 unspecified atom stereocenters. The van der Waals surface area contributed by atoms with Gasteiger partial charge in [0, 0.05) is 6.54 Å². The highest BCUT2D eigenvalue weighted by Gasteiger charge is 2.09. The Hall–Kier alpha value is -0.0800. The van der Waals surface area contributed by atoms with Crippen molar-refractivity contribution in [2.24, 2.45) is 11.8 Å². The topological polar surface area (TPSA) is 23.5 Å². The smallest absolute Gasteiger partial charge is 0.0639 e. The number of rotatable bonds is 8. The van der Waals surface area contributed by atoms with Crippen LogP contribution in [0.5, 0.6) is 0 Å². The van der Waals surface area contributed by atoms with Crippen molar-refractivity contribution in [2.45, 2.75) is 53.6 Å². The minimum atomic E-state index is -0.204. The molecule has 0 heterocycles. The van der Waals surface area contributed by atoms with E-state index in [-0.39, 0.29) is 6.10 Å². The third-order valence-electron chi connectivity index (χ3n) is 2.57. The van der Waals surface area contributed by atoms with Gasteiger partial charge >= 0.3 is 0 Å². The predicted octanol–water partition coefficient (Wildman–Crippen LogP) is 2.76. The largest absolute Gasteiger partial charge is 0.392 e. The summed E-state index contributed by atoms with van der Waals surface area (Å²) in [5.74, 6) is 1.50. The summed E-state index contributed by atoms with van der Waals surface area (Å²) in [6.45, 7) is 13.9. The number of hydrogen-bond acceptors (Lipinski definition) is 2. The number of nitrogens with zero attached hydrogens (tertiary/aromatic N) is 1. The first-order chi connectivity index (χ1) is 6.91. The quantitative estimate of drug-likeness (QED) is 0.673. The average molecular weight is 215 g/mol. The summed E-state index contributed by atoms with van der Waals surface area (Å²) in [7, 11) is 0. The summed E-state index contributed by atoms with van der Waals surface area (Å²) in [5.41, 5.74) is 0. The maximum absolute atomic E-state index is 9.41. The Morgan fingerprint density at radius 3 is 1.53 bits per heavy atom. The third kappa shape index (κ3) is 10.2. The molecular weight excluding hydrogens is 186 g/mol. The summed E-state index contributed by atoms with van der Waals surface area (Å²) in [4.78, 5) is 2.39. The summed E-state index contributed by atoms with van der Waals surface area (Å²) in [5, 5.41) is 9.41. The van der Waals surface area contributed by atoms with E-state index in [4.69, 9.17) is 0 Å². The number of hydrogen-bond donors (Lipinski definition) is 1. The predicted molar refractivity (Wildman–Crippen MR) is 67.0 cm³/mol. The summed E-state index contributed by atoms with van der Waals surface area (Å²) in [6.07, 6.45) is 2.25. The molecule has 0 spiro atoms. The standard InChI is InChI=1S/C13H29NO/c1-11(2)6-8-14(10-13(5)15)9-7-12(3)4/h11-13,15H,6-10H2,1-5H3. The van der Waals surface area contributed by atoms with Crippen LogP contribution in [0.3, 0.4) is 0 Å². The number of aliphatic hydroxyl groups is 1. The second-order valence-electron chi connectivity index (χ2n) is 5.51. The van der Waals surface area contributed by atoms with Gasteiger partial charge in [-0.1, -0.05) is 27.7 Å². The molecule has 0 amide bonds. The molecule has 0 aliphatic rings. The van der Waals surface area contributed by atoms with Crippen LogP contribution in [0.4, 0.5) is 0 Å². The van der Waals surface area contributed by atoms with Gasteiger partial charge in [-0.25, -0.2) is 0 Å². The fourth-order valence-electron chi connectivity index (χ4n) is 1.55. The van der Waals surface area contributed by atoms with Crippen molar-refractivity contribution < 1.29 is 5.11 Å². The van der Waals surface area contributed by atoms with Crippen LogP contribution < -0.4 is 0 Å². The van der Waals surface area contributed by atoms with Gasteiger partial charge in [0.05, 0.1) is 6.10 Å². The Labute approximate surface area is 95.7 Å². The van der Waals surface area contributed by atoms with Crippen molar-refractivity contribution in [2.75, 3.05) is 19.6 Å². The van der Waals surface area contributed by atoms with Gasteiger partial charge in [-0.2, -0.15) is 0 Å². The molecule has 0 aromatic heterocycles. The van der Waals surface area contributed by atoms with Crippen molar-refractivity contribution >= 4 is 0 Å². The van der Waals surface area contributed by atoms with Crippen molar-refractivity contribution in [3.63, 3.8) is 0 Å². The molecule has 0 rings (SSSR count). The Morgan fingerprint density at radius 2 is 1.27 bits per heavy atom. The monoisotopic (exact) mass is 215 g/mol. The first-order valence-corrected chi connectivity index (χ1v) is 6.32. The molecule has 2 nitrogen and oxygen atoms in total. The molecular formula is C13H29NO. The normalized spacial score (nSPS) is 14.2. The maximum Gasteiger partial charge on any atom is 0.0639 e. The molecule has 0 aromatic rings. The van der Waals surface area contributed by atoms with Crippen LogP contribution in [-0.2, 0) is 0 Å². The van der Waals surface area contributed by atoms with Crippen molar-refractivity contribution in [1.82, 2.24) is 4.90 Å². The van der Waals surface area contributed by atoms with Gasteiger partial charge in [0.15, 0.2) is 0 Å². The SMILES string of the molecule is CC(C)CCN(CCC(C)C)CC(C)O. The maximum atomic E-state index is 9.41. The Morgan fingerprint density at radius 1 is 0.867 bits per heavy atom. The summed E-state index contributed by atoms with van der Waals surface area (Å²) >= 11 is 0. The summed E-state index contributed by atoms with van der Waals surface area (Å²) in [6, 6.07) is 0. The van der Waals surface area contributed by atoms with Crippen LogP contribution in [0, 0.1) is 11.8 Å². The zero-order chi connectivity index (χ0) is 11.8. The lowest BCUT2D eigenvalue weighted by molar-refractivity contribution is 0.120. The van der Waals surface area contributed by atoms with Gasteiger partial charge in [0.1, 0.15) is 0 Å². The van der Waals surface area contributed by atoms with E-state index in [1.54, 1.807) is 0 Å². The second-order valence-corrected chi connectivity index (χ2v) is 5.51. The van der Waals surface area contributed by atoms with E-state index in [0.717, 1.165) is 31.5 Å². The fraction of sp³-hybridized carbons (Fsp3) is 1.00. The Balaban J connectivity index is 3.84. The molecule has 1 N–H and O–H groups in total. The van der Waals surface area contributed by atoms with Crippen LogP contribution in [-0.4, -0.2) is 35.7 Å². The van der Waals surface area contributed by atoms with E-state index < -0.39 is 0 Å². The van der Waals surface area contributed by atoms with Gasteiger partial charge in [0.25, 0.3) is 0 Å². The molecule has 2 heteroatoms. The molecule has 0 radical (unpaired) electrons. The van der Waals surface area contributed by atoms with E-state index in [0.29, 0.717) is 0 Å². The minimum absolute atomic E-state index is 0.204.